The summed E-state index contributed by atoms with van der Waals surface area (Å²) in [4.78, 5) is 24.0. The quantitative estimate of drug-likeness (QED) is 0.736. The van der Waals surface area contributed by atoms with Crippen molar-refractivity contribution in [2.45, 2.75) is 45.6 Å². The van der Waals surface area contributed by atoms with Gasteiger partial charge in [0, 0.05) is 6.04 Å². The monoisotopic (exact) mass is 370 g/mol. The summed E-state index contributed by atoms with van der Waals surface area (Å²) in [5.41, 5.74) is 1.83. The summed E-state index contributed by atoms with van der Waals surface area (Å²) in [5, 5.41) is 5.53. The maximum Gasteiger partial charge on any atom is 0.407 e. The van der Waals surface area contributed by atoms with E-state index < -0.39 is 12.2 Å². The van der Waals surface area contributed by atoms with E-state index in [0.29, 0.717) is 6.42 Å². The minimum Gasteiger partial charge on any atom is -0.445 e. The first-order chi connectivity index (χ1) is 13.1. The van der Waals surface area contributed by atoms with Crippen LogP contribution in [0.3, 0.4) is 0 Å². The van der Waals surface area contributed by atoms with Gasteiger partial charge in [-0.2, -0.15) is 0 Å². The Labute approximate surface area is 159 Å². The van der Waals surface area contributed by atoms with E-state index >= 15 is 0 Å². The molecule has 0 aromatic heterocycles. The molecule has 27 heavy (non-hydrogen) atoms. The van der Waals surface area contributed by atoms with Crippen molar-refractivity contribution in [3.63, 3.8) is 0 Å². The number of rotatable bonds is 8. The topological polar surface area (TPSA) is 76.7 Å². The lowest BCUT2D eigenvalue weighted by Gasteiger charge is -2.24. The Morgan fingerprint density at radius 2 is 1.26 bits per heavy atom. The molecule has 0 saturated heterocycles. The second-order valence-corrected chi connectivity index (χ2v) is 6.22. The van der Waals surface area contributed by atoms with Crippen LogP contribution in [0.15, 0.2) is 60.7 Å². The van der Waals surface area contributed by atoms with Gasteiger partial charge in [-0.15, -0.1) is 0 Å². The first-order valence-corrected chi connectivity index (χ1v) is 9.03. The molecule has 0 radical (unpaired) electrons. The number of ether oxygens (including phenoxy) is 2. The zero-order valence-corrected chi connectivity index (χ0v) is 15.7. The Kier molecular flexibility index (Phi) is 8.16. The highest BCUT2D eigenvalue weighted by atomic mass is 16.6. The molecule has 2 aromatic carbocycles. The van der Waals surface area contributed by atoms with Gasteiger partial charge in [0.05, 0.1) is 6.04 Å². The Bertz CT molecular complexity index is 707. The zero-order valence-electron chi connectivity index (χ0n) is 15.7. The number of carbonyl (C=O) groups is 2. The van der Waals surface area contributed by atoms with Crippen molar-refractivity contribution in [1.29, 1.82) is 0 Å². The molecule has 0 aliphatic carbocycles. The predicted octanol–water partition coefficient (Wildman–Crippen LogP) is 4.01. The Hall–Kier alpha value is -3.02. The third kappa shape index (κ3) is 7.40. The molecule has 0 spiro atoms. The molecule has 0 heterocycles. The Morgan fingerprint density at radius 3 is 1.70 bits per heavy atom. The van der Waals surface area contributed by atoms with Gasteiger partial charge in [0.1, 0.15) is 13.2 Å². The molecule has 0 fully saturated rings. The van der Waals surface area contributed by atoms with E-state index in [1.165, 1.54) is 0 Å². The first kappa shape index (κ1) is 20.3. The molecule has 6 heteroatoms. The van der Waals surface area contributed by atoms with Gasteiger partial charge in [0.2, 0.25) is 0 Å². The molecule has 0 aliphatic rings. The van der Waals surface area contributed by atoms with Gasteiger partial charge >= 0.3 is 12.2 Å². The maximum absolute atomic E-state index is 12.0. The van der Waals surface area contributed by atoms with Gasteiger partial charge in [0.25, 0.3) is 0 Å². The summed E-state index contributed by atoms with van der Waals surface area (Å²) in [6.07, 6.45) is -0.401. The maximum atomic E-state index is 12.0. The molecule has 2 N–H and O–H groups in total. The van der Waals surface area contributed by atoms with Crippen LogP contribution in [0, 0.1) is 0 Å². The van der Waals surface area contributed by atoms with E-state index in [0.717, 1.165) is 11.1 Å². The number of nitrogens with one attached hydrogen (secondary N) is 2. The van der Waals surface area contributed by atoms with Gasteiger partial charge in [0.15, 0.2) is 0 Å². The molecule has 6 nitrogen and oxygen atoms in total. The molecule has 2 atom stereocenters. The first-order valence-electron chi connectivity index (χ1n) is 9.03. The van der Waals surface area contributed by atoms with Gasteiger partial charge in [-0.25, -0.2) is 9.59 Å². The molecule has 2 aromatic rings. The Morgan fingerprint density at radius 1 is 0.815 bits per heavy atom. The lowest BCUT2D eigenvalue weighted by molar-refractivity contribution is 0.124. The van der Waals surface area contributed by atoms with E-state index in [4.69, 9.17) is 9.47 Å². The van der Waals surface area contributed by atoms with Gasteiger partial charge in [-0.3, -0.25) is 0 Å². The average Bonchev–Trinajstić information content (AvgIpc) is 2.70. The van der Waals surface area contributed by atoms with Crippen LogP contribution >= 0.6 is 0 Å². The molecule has 0 bridgehead atoms. The number of amides is 2. The minimum atomic E-state index is -0.524. The highest BCUT2D eigenvalue weighted by Crippen LogP contribution is 2.05. The molecule has 0 saturated carbocycles. The summed E-state index contributed by atoms with van der Waals surface area (Å²) in [7, 11) is 0. The SMILES string of the molecule is CCC(NC(=O)OCc1ccccc1)C(C)NC(=O)OCc1ccccc1. The van der Waals surface area contributed by atoms with Crippen molar-refractivity contribution in [2.24, 2.45) is 0 Å². The predicted molar refractivity (Wildman–Crippen MR) is 103 cm³/mol. The third-order valence-corrected chi connectivity index (χ3v) is 4.12. The van der Waals surface area contributed by atoms with Crippen LogP contribution in [-0.4, -0.2) is 24.3 Å². The molecule has 2 amide bonds. The molecule has 144 valence electrons. The van der Waals surface area contributed by atoms with Crippen LogP contribution in [0.1, 0.15) is 31.4 Å². The minimum absolute atomic E-state index is 0.197. The van der Waals surface area contributed by atoms with E-state index in [2.05, 4.69) is 10.6 Å². The van der Waals surface area contributed by atoms with Gasteiger partial charge in [-0.05, 0) is 24.5 Å². The van der Waals surface area contributed by atoms with Crippen molar-refractivity contribution < 1.29 is 19.1 Å². The molecule has 2 unspecified atom stereocenters. The van der Waals surface area contributed by atoms with Gasteiger partial charge in [-0.1, -0.05) is 67.6 Å². The average molecular weight is 370 g/mol. The molecular formula is C21H26N2O4. The van der Waals surface area contributed by atoms with Gasteiger partial charge < -0.3 is 20.1 Å². The van der Waals surface area contributed by atoms with E-state index in [-0.39, 0.29) is 25.3 Å². The fourth-order valence-electron chi connectivity index (χ4n) is 2.55. The number of hydrogen-bond donors (Lipinski definition) is 2. The fraction of sp³-hybridized carbons (Fsp3) is 0.333. The number of carbonyl (C=O) groups excluding carboxylic acids is 2. The van der Waals surface area contributed by atoms with E-state index in [9.17, 15) is 9.59 Å². The van der Waals surface area contributed by atoms with E-state index in [1.807, 2.05) is 74.5 Å². The molecule has 2 rings (SSSR count). The van der Waals surface area contributed by atoms with Crippen LogP contribution in [0.25, 0.3) is 0 Å². The van der Waals surface area contributed by atoms with Crippen molar-refractivity contribution in [3.8, 4) is 0 Å². The van der Waals surface area contributed by atoms with Crippen molar-refractivity contribution in [1.82, 2.24) is 10.6 Å². The smallest absolute Gasteiger partial charge is 0.407 e. The normalized spacial score (nSPS) is 12.5. The number of alkyl carbamates (subject to hydrolysis) is 2. The Balaban J connectivity index is 1.74. The largest absolute Gasteiger partial charge is 0.445 e. The van der Waals surface area contributed by atoms with E-state index in [1.54, 1.807) is 0 Å². The van der Waals surface area contributed by atoms with Crippen molar-refractivity contribution in [3.05, 3.63) is 71.8 Å². The standard InChI is InChI=1S/C21H26N2O4/c1-3-19(23-21(25)27-15-18-12-8-5-9-13-18)16(2)22-20(24)26-14-17-10-6-4-7-11-17/h4-13,16,19H,3,14-15H2,1-2H3,(H,22,24)(H,23,25). The van der Waals surface area contributed by atoms with Crippen LogP contribution in [0.2, 0.25) is 0 Å². The highest BCUT2D eigenvalue weighted by molar-refractivity contribution is 5.69. The third-order valence-electron chi connectivity index (χ3n) is 4.12. The lowest BCUT2D eigenvalue weighted by Crippen LogP contribution is -2.50. The number of hydrogen-bond acceptors (Lipinski definition) is 4. The second-order valence-electron chi connectivity index (χ2n) is 6.22. The van der Waals surface area contributed by atoms with Crippen molar-refractivity contribution >= 4 is 12.2 Å². The van der Waals surface area contributed by atoms with Crippen molar-refractivity contribution in [2.75, 3.05) is 0 Å². The zero-order chi connectivity index (χ0) is 19.5. The fourth-order valence-corrected chi connectivity index (χ4v) is 2.55. The van der Waals surface area contributed by atoms with Crippen LogP contribution in [0.4, 0.5) is 9.59 Å². The highest BCUT2D eigenvalue weighted by Gasteiger charge is 2.20. The second kappa shape index (κ2) is 10.9. The van der Waals surface area contributed by atoms with Crippen LogP contribution in [0.5, 0.6) is 0 Å². The summed E-state index contributed by atoms with van der Waals surface area (Å²) in [5.74, 6) is 0. The molecular weight excluding hydrogens is 344 g/mol. The molecule has 0 aliphatic heterocycles. The lowest BCUT2D eigenvalue weighted by atomic mass is 10.1. The summed E-state index contributed by atoms with van der Waals surface area (Å²) >= 11 is 0. The van der Waals surface area contributed by atoms with Crippen LogP contribution in [-0.2, 0) is 22.7 Å². The summed E-state index contributed by atoms with van der Waals surface area (Å²) in [6.45, 7) is 4.14. The summed E-state index contributed by atoms with van der Waals surface area (Å²) < 4.78 is 10.4. The van der Waals surface area contributed by atoms with Crippen LogP contribution < -0.4 is 10.6 Å². The number of benzene rings is 2. The summed E-state index contributed by atoms with van der Waals surface area (Å²) in [6, 6.07) is 18.3.